The SMILES string of the molecule is Cc1ccc(-c2sc(-c3ccc(Cl)s3)cc2C=O)s1. The van der Waals surface area contributed by atoms with Gasteiger partial charge in [-0.15, -0.1) is 34.0 Å². The quantitative estimate of drug-likeness (QED) is 0.542. The van der Waals surface area contributed by atoms with Gasteiger partial charge in [0, 0.05) is 25.1 Å². The van der Waals surface area contributed by atoms with Crippen LogP contribution in [-0.2, 0) is 0 Å². The van der Waals surface area contributed by atoms with Crippen LogP contribution >= 0.6 is 45.6 Å². The maximum Gasteiger partial charge on any atom is 0.151 e. The van der Waals surface area contributed by atoms with E-state index in [-0.39, 0.29) is 0 Å². The second-order valence-corrected chi connectivity index (χ2v) is 8.08. The molecule has 0 saturated heterocycles. The Morgan fingerprint density at radius 2 is 1.79 bits per heavy atom. The summed E-state index contributed by atoms with van der Waals surface area (Å²) in [6, 6.07) is 9.98. The fourth-order valence-electron chi connectivity index (χ4n) is 1.81. The number of carbonyl (C=O) groups is 1. The molecule has 3 heterocycles. The van der Waals surface area contributed by atoms with Crippen LogP contribution in [0, 0.1) is 6.92 Å². The molecule has 3 aromatic heterocycles. The van der Waals surface area contributed by atoms with Crippen molar-refractivity contribution in [3.05, 3.63) is 45.1 Å². The first kappa shape index (κ1) is 13.1. The molecule has 0 atom stereocenters. The molecule has 0 fully saturated rings. The molecule has 96 valence electrons. The van der Waals surface area contributed by atoms with Gasteiger partial charge in [-0.05, 0) is 37.3 Å². The summed E-state index contributed by atoms with van der Waals surface area (Å²) >= 11 is 10.9. The van der Waals surface area contributed by atoms with Crippen molar-refractivity contribution in [1.82, 2.24) is 0 Å². The minimum Gasteiger partial charge on any atom is -0.298 e. The zero-order chi connectivity index (χ0) is 13.4. The molecule has 0 saturated carbocycles. The molecule has 0 spiro atoms. The normalized spacial score (nSPS) is 10.8. The number of hydrogen-bond acceptors (Lipinski definition) is 4. The molecule has 3 aromatic rings. The van der Waals surface area contributed by atoms with Gasteiger partial charge in [-0.3, -0.25) is 4.79 Å². The summed E-state index contributed by atoms with van der Waals surface area (Å²) in [7, 11) is 0. The van der Waals surface area contributed by atoms with E-state index in [9.17, 15) is 4.79 Å². The maximum atomic E-state index is 11.2. The molecule has 3 rings (SSSR count). The minimum absolute atomic E-state index is 0.756. The number of rotatable bonds is 3. The Labute approximate surface area is 128 Å². The molecule has 5 heteroatoms. The summed E-state index contributed by atoms with van der Waals surface area (Å²) in [6.45, 7) is 2.07. The third kappa shape index (κ3) is 2.54. The van der Waals surface area contributed by atoms with Crippen LogP contribution in [0.1, 0.15) is 15.2 Å². The van der Waals surface area contributed by atoms with E-state index in [4.69, 9.17) is 11.6 Å². The summed E-state index contributed by atoms with van der Waals surface area (Å²) in [5.41, 5.74) is 0.756. The van der Waals surface area contributed by atoms with Gasteiger partial charge in [0.2, 0.25) is 0 Å². The third-order valence-corrected chi connectivity index (χ3v) is 6.43. The number of aryl methyl sites for hydroxylation is 1. The highest BCUT2D eigenvalue weighted by Crippen LogP contribution is 2.42. The molecule has 0 bridgehead atoms. The van der Waals surface area contributed by atoms with E-state index in [0.29, 0.717) is 0 Å². The highest BCUT2D eigenvalue weighted by molar-refractivity contribution is 7.27. The highest BCUT2D eigenvalue weighted by Gasteiger charge is 2.14. The summed E-state index contributed by atoms with van der Waals surface area (Å²) in [5, 5.41) is 0. The van der Waals surface area contributed by atoms with Crippen LogP contribution in [0.25, 0.3) is 19.5 Å². The number of thiophene rings is 3. The highest BCUT2D eigenvalue weighted by atomic mass is 35.5. The predicted molar refractivity (Wildman–Crippen MR) is 86.1 cm³/mol. The van der Waals surface area contributed by atoms with E-state index in [1.807, 2.05) is 18.2 Å². The summed E-state index contributed by atoms with van der Waals surface area (Å²) in [5.74, 6) is 0. The number of hydrogen-bond donors (Lipinski definition) is 0. The van der Waals surface area contributed by atoms with Gasteiger partial charge in [0.1, 0.15) is 0 Å². The molecule has 0 amide bonds. The van der Waals surface area contributed by atoms with Crippen molar-refractivity contribution in [3.63, 3.8) is 0 Å². The fraction of sp³-hybridized carbons (Fsp3) is 0.0714. The molecule has 0 aliphatic carbocycles. The van der Waals surface area contributed by atoms with E-state index in [1.54, 1.807) is 22.7 Å². The Hall–Kier alpha value is -0.940. The van der Waals surface area contributed by atoms with Crippen LogP contribution in [0.2, 0.25) is 4.34 Å². The average Bonchev–Trinajstić information content (AvgIpc) is 3.07. The van der Waals surface area contributed by atoms with Gasteiger partial charge in [-0.25, -0.2) is 0 Å². The molecule has 19 heavy (non-hydrogen) atoms. The number of aldehydes is 1. The lowest BCUT2D eigenvalue weighted by Crippen LogP contribution is -1.75. The molecular formula is C14H9ClOS3. The first-order valence-electron chi connectivity index (χ1n) is 5.59. The third-order valence-electron chi connectivity index (χ3n) is 2.67. The summed E-state index contributed by atoms with van der Waals surface area (Å²) in [4.78, 5) is 16.9. The first-order chi connectivity index (χ1) is 9.17. The van der Waals surface area contributed by atoms with Crippen LogP contribution in [0.3, 0.4) is 0 Å². The van der Waals surface area contributed by atoms with Crippen molar-refractivity contribution in [2.75, 3.05) is 0 Å². The molecule has 0 aromatic carbocycles. The van der Waals surface area contributed by atoms with Gasteiger partial charge in [-0.1, -0.05) is 11.6 Å². The summed E-state index contributed by atoms with van der Waals surface area (Å²) in [6.07, 6.45) is 0.930. The smallest absolute Gasteiger partial charge is 0.151 e. The topological polar surface area (TPSA) is 17.1 Å². The van der Waals surface area contributed by atoms with Crippen LogP contribution in [-0.4, -0.2) is 6.29 Å². The number of carbonyl (C=O) groups excluding carboxylic acids is 1. The van der Waals surface area contributed by atoms with E-state index < -0.39 is 0 Å². The van der Waals surface area contributed by atoms with Crippen LogP contribution in [0.4, 0.5) is 0 Å². The first-order valence-corrected chi connectivity index (χ1v) is 8.41. The van der Waals surface area contributed by atoms with Crippen molar-refractivity contribution in [1.29, 1.82) is 0 Å². The van der Waals surface area contributed by atoms with Crippen molar-refractivity contribution in [3.8, 4) is 19.5 Å². The van der Waals surface area contributed by atoms with E-state index in [1.165, 1.54) is 16.2 Å². The molecule has 0 aliphatic rings. The largest absolute Gasteiger partial charge is 0.298 e. The van der Waals surface area contributed by atoms with Gasteiger partial charge >= 0.3 is 0 Å². The Morgan fingerprint density at radius 1 is 1.00 bits per heavy atom. The maximum absolute atomic E-state index is 11.2. The molecule has 1 nitrogen and oxygen atoms in total. The zero-order valence-corrected chi connectivity index (χ0v) is 13.2. The molecular weight excluding hydrogens is 316 g/mol. The molecule has 0 aliphatic heterocycles. The zero-order valence-electron chi connectivity index (χ0n) is 9.98. The molecule has 0 radical (unpaired) electrons. The van der Waals surface area contributed by atoms with Crippen LogP contribution in [0.15, 0.2) is 30.3 Å². The standard InChI is InChI=1S/C14H9ClOS3/c1-8-2-3-11(17-8)14-9(7-16)6-12(19-14)10-4-5-13(15)18-10/h2-7H,1H3. The van der Waals surface area contributed by atoms with Crippen molar-refractivity contribution in [2.24, 2.45) is 0 Å². The lowest BCUT2D eigenvalue weighted by molar-refractivity contribution is 0.112. The monoisotopic (exact) mass is 324 g/mol. The van der Waals surface area contributed by atoms with E-state index >= 15 is 0 Å². The Morgan fingerprint density at radius 3 is 2.37 bits per heavy atom. The predicted octanol–water partition coefficient (Wildman–Crippen LogP) is 5.98. The Balaban J connectivity index is 2.10. The van der Waals surface area contributed by atoms with Gasteiger partial charge in [0.25, 0.3) is 0 Å². The summed E-state index contributed by atoms with van der Waals surface area (Å²) < 4.78 is 0.768. The van der Waals surface area contributed by atoms with Gasteiger partial charge in [-0.2, -0.15) is 0 Å². The van der Waals surface area contributed by atoms with Crippen LogP contribution < -0.4 is 0 Å². The number of halogens is 1. The minimum atomic E-state index is 0.756. The lowest BCUT2D eigenvalue weighted by Gasteiger charge is -1.92. The van der Waals surface area contributed by atoms with Gasteiger partial charge < -0.3 is 0 Å². The fourth-order valence-corrected chi connectivity index (χ4v) is 5.06. The van der Waals surface area contributed by atoms with E-state index in [2.05, 4.69) is 19.1 Å². The van der Waals surface area contributed by atoms with Gasteiger partial charge in [0.15, 0.2) is 6.29 Å². The van der Waals surface area contributed by atoms with Crippen molar-refractivity contribution in [2.45, 2.75) is 6.92 Å². The van der Waals surface area contributed by atoms with Crippen molar-refractivity contribution >= 4 is 51.9 Å². The molecule has 0 unspecified atom stereocenters. The van der Waals surface area contributed by atoms with E-state index in [0.717, 1.165) is 35.7 Å². The second kappa shape index (κ2) is 5.21. The second-order valence-electron chi connectivity index (χ2n) is 4.03. The Kier molecular flexibility index (Phi) is 3.58. The van der Waals surface area contributed by atoms with Crippen molar-refractivity contribution < 1.29 is 4.79 Å². The molecule has 0 N–H and O–H groups in total. The van der Waals surface area contributed by atoms with Gasteiger partial charge in [0.05, 0.1) is 9.21 Å². The Bertz CT molecular complexity index is 736. The average molecular weight is 325 g/mol. The van der Waals surface area contributed by atoms with Crippen LogP contribution in [0.5, 0.6) is 0 Å². The lowest BCUT2D eigenvalue weighted by atomic mass is 10.2.